The van der Waals surface area contributed by atoms with Crippen LogP contribution in [0.25, 0.3) is 0 Å². The molecule has 0 aliphatic rings. The smallest absolute Gasteiger partial charge is 0.228 e. The Labute approximate surface area is 156 Å². The molecular weight excluding hydrogens is 344 g/mol. The maximum Gasteiger partial charge on any atom is 0.228 e. The second-order valence-corrected chi connectivity index (χ2v) is 6.77. The van der Waals surface area contributed by atoms with Gasteiger partial charge in [0.25, 0.3) is 0 Å². The lowest BCUT2D eigenvalue weighted by atomic mass is 10.1. The third kappa shape index (κ3) is 4.08. The summed E-state index contributed by atoms with van der Waals surface area (Å²) in [4.78, 5) is 20.8. The van der Waals surface area contributed by atoms with Gasteiger partial charge in [0.05, 0.1) is 11.6 Å². The largest absolute Gasteiger partial charge is 0.324 e. The highest BCUT2D eigenvalue weighted by molar-refractivity contribution is 7.99. The van der Waals surface area contributed by atoms with Crippen LogP contribution < -0.4 is 5.32 Å². The van der Waals surface area contributed by atoms with Crippen LogP contribution in [0.2, 0.25) is 0 Å². The van der Waals surface area contributed by atoms with Gasteiger partial charge in [0, 0.05) is 22.3 Å². The molecule has 0 saturated heterocycles. The molecule has 0 bridgehead atoms. The van der Waals surface area contributed by atoms with Gasteiger partial charge in [-0.3, -0.25) is 4.79 Å². The van der Waals surface area contributed by atoms with Crippen molar-refractivity contribution in [1.29, 1.82) is 5.26 Å². The van der Waals surface area contributed by atoms with E-state index >= 15 is 0 Å². The number of aromatic nitrogens is 2. The Balaban J connectivity index is 1.81. The van der Waals surface area contributed by atoms with Gasteiger partial charge in [-0.05, 0) is 67.4 Å². The molecule has 0 spiro atoms. The first-order valence-corrected chi connectivity index (χ1v) is 8.75. The lowest BCUT2D eigenvalue weighted by Gasteiger charge is -2.11. The Hall–Kier alpha value is -3.17. The van der Waals surface area contributed by atoms with Gasteiger partial charge in [0.15, 0.2) is 0 Å². The first kappa shape index (κ1) is 17.6. The van der Waals surface area contributed by atoms with Gasteiger partial charge in [-0.15, -0.1) is 0 Å². The maximum atomic E-state index is 11.0. The van der Waals surface area contributed by atoms with Crippen LogP contribution in [0.15, 0.2) is 58.6 Å². The van der Waals surface area contributed by atoms with Crippen molar-refractivity contribution in [3.05, 3.63) is 70.9 Å². The van der Waals surface area contributed by atoms with Crippen molar-refractivity contribution in [1.82, 2.24) is 9.97 Å². The molecule has 0 amide bonds. The van der Waals surface area contributed by atoms with Crippen LogP contribution in [0, 0.1) is 25.2 Å². The highest BCUT2D eigenvalue weighted by Crippen LogP contribution is 2.32. The molecule has 0 aliphatic heterocycles. The van der Waals surface area contributed by atoms with Crippen molar-refractivity contribution in [2.45, 2.75) is 23.8 Å². The van der Waals surface area contributed by atoms with Gasteiger partial charge in [-0.25, -0.2) is 9.97 Å². The Morgan fingerprint density at radius 1 is 1.12 bits per heavy atom. The fraction of sp³-hybridized carbons (Fsp3) is 0.100. The molecule has 0 unspecified atom stereocenters. The number of anilines is 2. The predicted molar refractivity (Wildman–Crippen MR) is 102 cm³/mol. The first-order chi connectivity index (χ1) is 12.6. The molecule has 1 heterocycles. The van der Waals surface area contributed by atoms with Crippen molar-refractivity contribution in [2.75, 3.05) is 5.32 Å². The SMILES string of the molecule is Cc1cc(C=O)cc(C)c1Sc1ccnc(Nc2ccc(C#N)cc2)n1. The van der Waals surface area contributed by atoms with Gasteiger partial charge >= 0.3 is 0 Å². The van der Waals surface area contributed by atoms with Crippen LogP contribution in [-0.2, 0) is 0 Å². The van der Waals surface area contributed by atoms with Gasteiger partial charge in [0.2, 0.25) is 5.95 Å². The van der Waals surface area contributed by atoms with E-state index in [1.54, 1.807) is 30.1 Å². The highest BCUT2D eigenvalue weighted by Gasteiger charge is 2.09. The monoisotopic (exact) mass is 360 g/mol. The standard InChI is InChI=1S/C20H16N4OS/c1-13-9-16(12-25)10-14(2)19(13)26-18-7-8-22-20(24-18)23-17-5-3-15(11-21)4-6-17/h3-10,12H,1-2H3,(H,22,23,24). The fourth-order valence-corrected chi connectivity index (χ4v) is 3.44. The van der Waals surface area contributed by atoms with Gasteiger partial charge in [-0.1, -0.05) is 11.8 Å². The molecule has 128 valence electrons. The van der Waals surface area contributed by atoms with Crippen molar-refractivity contribution >= 4 is 29.7 Å². The number of carbonyl (C=O) groups excluding carboxylic acids is 1. The second kappa shape index (κ2) is 7.81. The third-order valence-electron chi connectivity index (χ3n) is 3.73. The van der Waals surface area contributed by atoms with Crippen molar-refractivity contribution in [3.8, 4) is 6.07 Å². The molecular formula is C20H16N4OS. The Morgan fingerprint density at radius 3 is 2.42 bits per heavy atom. The Kier molecular flexibility index (Phi) is 5.30. The second-order valence-electron chi connectivity index (χ2n) is 5.74. The number of aryl methyl sites for hydroxylation is 2. The number of aldehydes is 1. The van der Waals surface area contributed by atoms with Crippen molar-refractivity contribution in [3.63, 3.8) is 0 Å². The van der Waals surface area contributed by atoms with E-state index in [0.29, 0.717) is 17.1 Å². The van der Waals surface area contributed by atoms with Crippen molar-refractivity contribution < 1.29 is 4.79 Å². The molecule has 26 heavy (non-hydrogen) atoms. The Morgan fingerprint density at radius 2 is 1.81 bits per heavy atom. The lowest BCUT2D eigenvalue weighted by molar-refractivity contribution is 0.112. The van der Waals surface area contributed by atoms with Crippen LogP contribution in [-0.4, -0.2) is 16.3 Å². The number of hydrogen-bond donors (Lipinski definition) is 1. The zero-order valence-corrected chi connectivity index (χ0v) is 15.2. The van der Waals surface area contributed by atoms with Crippen molar-refractivity contribution in [2.24, 2.45) is 0 Å². The molecule has 1 aromatic heterocycles. The molecule has 1 N–H and O–H groups in total. The van der Waals surface area contributed by atoms with Crippen LogP contribution in [0.3, 0.4) is 0 Å². The van der Waals surface area contributed by atoms with Crippen LogP contribution >= 0.6 is 11.8 Å². The minimum atomic E-state index is 0.486. The van der Waals surface area contributed by atoms with E-state index in [2.05, 4.69) is 21.4 Å². The number of nitrogens with zero attached hydrogens (tertiary/aromatic N) is 3. The minimum Gasteiger partial charge on any atom is -0.324 e. The molecule has 6 heteroatoms. The minimum absolute atomic E-state index is 0.486. The average Bonchev–Trinajstić information content (AvgIpc) is 2.65. The summed E-state index contributed by atoms with van der Waals surface area (Å²) in [6.07, 6.45) is 2.56. The van der Waals surface area contributed by atoms with Gasteiger partial charge in [0.1, 0.15) is 11.3 Å². The average molecular weight is 360 g/mol. The number of nitriles is 1. The number of carbonyl (C=O) groups is 1. The van der Waals surface area contributed by atoms with E-state index in [4.69, 9.17) is 5.26 Å². The highest BCUT2D eigenvalue weighted by atomic mass is 32.2. The molecule has 0 aliphatic carbocycles. The molecule has 0 fully saturated rings. The molecule has 0 atom stereocenters. The molecule has 3 rings (SSSR count). The molecule has 2 aromatic carbocycles. The Bertz CT molecular complexity index is 970. The van der Waals surface area contributed by atoms with E-state index in [0.717, 1.165) is 33.0 Å². The predicted octanol–water partition coefficient (Wildman–Crippen LogP) is 4.67. The summed E-state index contributed by atoms with van der Waals surface area (Å²) in [5, 5.41) is 12.8. The van der Waals surface area contributed by atoms with E-state index in [1.165, 1.54) is 0 Å². The summed E-state index contributed by atoms with van der Waals surface area (Å²) in [6, 6.07) is 14.8. The third-order valence-corrected chi connectivity index (χ3v) is 5.01. The van der Waals surface area contributed by atoms with Crippen LogP contribution in [0.5, 0.6) is 0 Å². The fourth-order valence-electron chi connectivity index (χ4n) is 2.53. The summed E-state index contributed by atoms with van der Waals surface area (Å²) in [5.41, 5.74) is 4.17. The quantitative estimate of drug-likeness (QED) is 0.526. The zero-order chi connectivity index (χ0) is 18.5. The first-order valence-electron chi connectivity index (χ1n) is 7.93. The summed E-state index contributed by atoms with van der Waals surface area (Å²) >= 11 is 1.54. The topological polar surface area (TPSA) is 78.7 Å². The number of nitrogens with one attached hydrogen (secondary N) is 1. The summed E-state index contributed by atoms with van der Waals surface area (Å²) in [5.74, 6) is 0.486. The van der Waals surface area contributed by atoms with Crippen LogP contribution in [0.1, 0.15) is 27.0 Å². The molecule has 0 radical (unpaired) electrons. The normalized spacial score (nSPS) is 10.2. The number of rotatable bonds is 5. The zero-order valence-electron chi connectivity index (χ0n) is 14.4. The summed E-state index contributed by atoms with van der Waals surface area (Å²) < 4.78 is 0. The summed E-state index contributed by atoms with van der Waals surface area (Å²) in [6.45, 7) is 3.97. The van der Waals surface area contributed by atoms with E-state index in [9.17, 15) is 4.79 Å². The van der Waals surface area contributed by atoms with Gasteiger partial charge in [-0.2, -0.15) is 5.26 Å². The van der Waals surface area contributed by atoms with E-state index < -0.39 is 0 Å². The molecule has 3 aromatic rings. The molecule has 0 saturated carbocycles. The van der Waals surface area contributed by atoms with E-state index in [-0.39, 0.29) is 0 Å². The molecule has 5 nitrogen and oxygen atoms in total. The number of hydrogen-bond acceptors (Lipinski definition) is 6. The maximum absolute atomic E-state index is 11.0. The lowest BCUT2D eigenvalue weighted by Crippen LogP contribution is -1.98. The van der Waals surface area contributed by atoms with Crippen LogP contribution in [0.4, 0.5) is 11.6 Å². The summed E-state index contributed by atoms with van der Waals surface area (Å²) in [7, 11) is 0. The number of benzene rings is 2. The van der Waals surface area contributed by atoms with E-state index in [1.807, 2.05) is 44.2 Å². The van der Waals surface area contributed by atoms with Gasteiger partial charge < -0.3 is 5.32 Å².